The van der Waals surface area contributed by atoms with Crippen molar-refractivity contribution in [3.05, 3.63) is 16.0 Å². The molecule has 0 aromatic carbocycles. The van der Waals surface area contributed by atoms with Crippen molar-refractivity contribution in [2.24, 2.45) is 5.92 Å². The molecule has 1 saturated heterocycles. The molecule has 1 aromatic heterocycles. The lowest BCUT2D eigenvalue weighted by molar-refractivity contribution is -0.117. The van der Waals surface area contributed by atoms with Gasteiger partial charge in [0, 0.05) is 18.3 Å². The number of anilines is 1. The van der Waals surface area contributed by atoms with E-state index < -0.39 is 0 Å². The molecule has 0 radical (unpaired) electrons. The zero-order chi connectivity index (χ0) is 11.7. The lowest BCUT2D eigenvalue weighted by Gasteiger charge is -2.16. The Bertz CT molecular complexity index is 429. The van der Waals surface area contributed by atoms with Crippen molar-refractivity contribution in [1.82, 2.24) is 9.97 Å². The fraction of sp³-hybridized carbons (Fsp3) is 0.444. The Morgan fingerprint density at radius 1 is 1.62 bits per heavy atom. The van der Waals surface area contributed by atoms with Crippen LogP contribution in [0.25, 0.3) is 0 Å². The predicted octanol–water partition coefficient (Wildman–Crippen LogP) is 2.64. The molecule has 0 N–H and O–H groups in total. The van der Waals surface area contributed by atoms with Gasteiger partial charge in [0.15, 0.2) is 5.82 Å². The third kappa shape index (κ3) is 2.38. The van der Waals surface area contributed by atoms with Crippen molar-refractivity contribution in [2.45, 2.75) is 6.42 Å². The molecule has 1 aliphatic rings. The molecule has 1 fully saturated rings. The molecule has 1 atom stereocenters. The first-order chi connectivity index (χ1) is 7.61. The van der Waals surface area contributed by atoms with Gasteiger partial charge in [-0.2, -0.15) is 0 Å². The van der Waals surface area contributed by atoms with Gasteiger partial charge in [-0.05, 0) is 21.8 Å². The summed E-state index contributed by atoms with van der Waals surface area (Å²) in [4.78, 5) is 21.5. The summed E-state index contributed by atoms with van der Waals surface area (Å²) >= 11 is 12.4. The second kappa shape index (κ2) is 4.98. The van der Waals surface area contributed by atoms with Crippen LogP contribution >= 0.6 is 43.5 Å². The van der Waals surface area contributed by atoms with Crippen LogP contribution < -0.4 is 4.90 Å². The quantitative estimate of drug-likeness (QED) is 0.753. The Kier molecular flexibility index (Phi) is 3.81. The summed E-state index contributed by atoms with van der Waals surface area (Å²) in [5, 5.41) is 1.09. The highest BCUT2D eigenvalue weighted by atomic mass is 79.9. The molecular weight excluding hydrogens is 361 g/mol. The topological polar surface area (TPSA) is 46.1 Å². The third-order valence-corrected chi connectivity index (χ3v) is 4.02. The minimum atomic E-state index is 0.0571. The van der Waals surface area contributed by atoms with E-state index in [9.17, 15) is 4.79 Å². The zero-order valence-corrected chi connectivity index (χ0v) is 12.1. The molecular formula is C9H8Br2ClN3O. The standard InChI is InChI=1S/C9H8Br2ClN3O/c10-2-5-1-7(16)15(4-5)9-8(11)13-3-6(12)14-9/h3,5H,1-2,4H2. The van der Waals surface area contributed by atoms with Crippen molar-refractivity contribution in [3.63, 3.8) is 0 Å². The van der Waals surface area contributed by atoms with Crippen LogP contribution in [-0.4, -0.2) is 27.7 Å². The highest BCUT2D eigenvalue weighted by Crippen LogP contribution is 2.29. The molecule has 86 valence electrons. The van der Waals surface area contributed by atoms with Crippen molar-refractivity contribution >= 4 is 55.2 Å². The fourth-order valence-corrected chi connectivity index (χ4v) is 2.57. The Balaban J connectivity index is 2.30. The highest BCUT2D eigenvalue weighted by molar-refractivity contribution is 9.10. The third-order valence-electron chi connectivity index (χ3n) is 2.36. The Morgan fingerprint density at radius 2 is 2.38 bits per heavy atom. The van der Waals surface area contributed by atoms with Gasteiger partial charge in [0.2, 0.25) is 5.91 Å². The average Bonchev–Trinajstić information content (AvgIpc) is 2.63. The minimum absolute atomic E-state index is 0.0571. The van der Waals surface area contributed by atoms with Gasteiger partial charge < -0.3 is 0 Å². The van der Waals surface area contributed by atoms with E-state index in [0.717, 1.165) is 5.33 Å². The Morgan fingerprint density at radius 3 is 3.00 bits per heavy atom. The number of rotatable bonds is 2. The summed E-state index contributed by atoms with van der Waals surface area (Å²) < 4.78 is 0.542. The molecule has 2 heterocycles. The van der Waals surface area contributed by atoms with Gasteiger partial charge in [0.25, 0.3) is 0 Å². The molecule has 4 nitrogen and oxygen atoms in total. The van der Waals surface area contributed by atoms with E-state index in [1.165, 1.54) is 6.20 Å². The number of aromatic nitrogens is 2. The lowest BCUT2D eigenvalue weighted by atomic mass is 10.2. The summed E-state index contributed by atoms with van der Waals surface area (Å²) in [5.41, 5.74) is 0. The molecule has 1 amide bonds. The molecule has 0 aliphatic carbocycles. The summed E-state index contributed by atoms with van der Waals surface area (Å²) in [6, 6.07) is 0. The Labute approximate surface area is 115 Å². The van der Waals surface area contributed by atoms with Gasteiger partial charge in [0.05, 0.1) is 6.20 Å². The zero-order valence-electron chi connectivity index (χ0n) is 8.16. The number of amides is 1. The maximum Gasteiger partial charge on any atom is 0.228 e. The average molecular weight is 369 g/mol. The van der Waals surface area contributed by atoms with Crippen molar-refractivity contribution in [1.29, 1.82) is 0 Å². The van der Waals surface area contributed by atoms with E-state index in [1.54, 1.807) is 4.90 Å². The molecule has 1 aromatic rings. The molecule has 1 aliphatic heterocycles. The number of hydrogen-bond acceptors (Lipinski definition) is 3. The number of nitrogens with zero attached hydrogens (tertiary/aromatic N) is 3. The maximum atomic E-state index is 11.8. The van der Waals surface area contributed by atoms with Gasteiger partial charge in [0.1, 0.15) is 9.76 Å². The minimum Gasteiger partial charge on any atom is -0.294 e. The van der Waals surface area contributed by atoms with Crippen LogP contribution in [0.2, 0.25) is 5.15 Å². The molecule has 1 unspecified atom stereocenters. The smallest absolute Gasteiger partial charge is 0.228 e. The normalized spacial score (nSPS) is 20.6. The predicted molar refractivity (Wildman–Crippen MR) is 69.0 cm³/mol. The molecule has 2 rings (SSSR count). The molecule has 0 saturated carbocycles. The summed E-state index contributed by atoms with van der Waals surface area (Å²) in [5.74, 6) is 0.878. The molecule has 7 heteroatoms. The van der Waals surface area contributed by atoms with E-state index in [2.05, 4.69) is 41.8 Å². The van der Waals surface area contributed by atoms with Crippen LogP contribution in [0.3, 0.4) is 0 Å². The van der Waals surface area contributed by atoms with Gasteiger partial charge in [-0.15, -0.1) is 0 Å². The molecule has 16 heavy (non-hydrogen) atoms. The number of halogens is 3. The second-order valence-corrected chi connectivity index (χ2v) is 5.32. The lowest BCUT2D eigenvalue weighted by Crippen LogP contribution is -2.26. The van der Waals surface area contributed by atoms with Crippen molar-refractivity contribution in [2.75, 3.05) is 16.8 Å². The number of alkyl halides is 1. The van der Waals surface area contributed by atoms with Crippen LogP contribution in [-0.2, 0) is 4.79 Å². The van der Waals surface area contributed by atoms with Crippen LogP contribution in [0.4, 0.5) is 5.82 Å². The largest absolute Gasteiger partial charge is 0.294 e. The first-order valence-electron chi connectivity index (χ1n) is 4.66. The van der Waals surface area contributed by atoms with Gasteiger partial charge >= 0.3 is 0 Å². The van der Waals surface area contributed by atoms with E-state index in [-0.39, 0.29) is 11.1 Å². The van der Waals surface area contributed by atoms with Crippen LogP contribution in [0, 0.1) is 5.92 Å². The van der Waals surface area contributed by atoms with Crippen LogP contribution in [0.5, 0.6) is 0 Å². The van der Waals surface area contributed by atoms with Gasteiger partial charge in [-0.3, -0.25) is 9.69 Å². The van der Waals surface area contributed by atoms with Crippen LogP contribution in [0.1, 0.15) is 6.42 Å². The number of carbonyl (C=O) groups excluding carboxylic acids is 1. The highest BCUT2D eigenvalue weighted by Gasteiger charge is 2.32. The van der Waals surface area contributed by atoms with Crippen LogP contribution in [0.15, 0.2) is 10.8 Å². The van der Waals surface area contributed by atoms with E-state index in [1.807, 2.05) is 0 Å². The van der Waals surface area contributed by atoms with Crippen molar-refractivity contribution < 1.29 is 4.79 Å². The number of carbonyl (C=O) groups is 1. The second-order valence-electron chi connectivity index (χ2n) is 3.54. The summed E-state index contributed by atoms with van der Waals surface area (Å²) in [6.07, 6.45) is 1.98. The monoisotopic (exact) mass is 367 g/mol. The maximum absolute atomic E-state index is 11.8. The summed E-state index contributed by atoms with van der Waals surface area (Å²) in [7, 11) is 0. The summed E-state index contributed by atoms with van der Waals surface area (Å²) in [6.45, 7) is 0.651. The van der Waals surface area contributed by atoms with Crippen molar-refractivity contribution in [3.8, 4) is 0 Å². The molecule has 0 bridgehead atoms. The number of hydrogen-bond donors (Lipinski definition) is 0. The van der Waals surface area contributed by atoms with E-state index in [4.69, 9.17) is 11.6 Å². The Hall–Kier alpha value is -0.200. The molecule has 0 spiro atoms. The van der Waals surface area contributed by atoms with Gasteiger partial charge in [-0.25, -0.2) is 9.97 Å². The van der Waals surface area contributed by atoms with E-state index in [0.29, 0.717) is 29.3 Å². The first kappa shape index (κ1) is 12.3. The first-order valence-corrected chi connectivity index (χ1v) is 6.95. The fourth-order valence-electron chi connectivity index (χ4n) is 1.61. The SMILES string of the molecule is O=C1CC(CBr)CN1c1nc(Cl)cnc1Br. The van der Waals surface area contributed by atoms with E-state index >= 15 is 0 Å². The van der Waals surface area contributed by atoms with Gasteiger partial charge in [-0.1, -0.05) is 27.5 Å².